The van der Waals surface area contributed by atoms with Gasteiger partial charge in [-0.25, -0.2) is 4.98 Å². The van der Waals surface area contributed by atoms with Gasteiger partial charge in [0.15, 0.2) is 11.7 Å². The van der Waals surface area contributed by atoms with Crippen LogP contribution in [0, 0.1) is 0 Å². The highest BCUT2D eigenvalue weighted by Gasteiger charge is 2.21. The average Bonchev–Trinajstić information content (AvgIpc) is 3.02. The van der Waals surface area contributed by atoms with Crippen molar-refractivity contribution in [2.45, 2.75) is 25.9 Å². The van der Waals surface area contributed by atoms with Gasteiger partial charge >= 0.3 is 0 Å². The third-order valence-electron chi connectivity index (χ3n) is 3.83. The Kier molecular flexibility index (Phi) is 4.98. The van der Waals surface area contributed by atoms with Gasteiger partial charge in [-0.1, -0.05) is 11.6 Å². The molecule has 2 heterocycles. The van der Waals surface area contributed by atoms with Crippen LogP contribution in [0.4, 0.5) is 0 Å². The number of oxazole rings is 1. The predicted molar refractivity (Wildman–Crippen MR) is 87.3 cm³/mol. The van der Waals surface area contributed by atoms with Crippen LogP contribution in [0.15, 0.2) is 34.9 Å². The summed E-state index contributed by atoms with van der Waals surface area (Å²) in [4.78, 5) is 18.3. The largest absolute Gasteiger partial charge is 0.441 e. The molecule has 1 fully saturated rings. The Bertz CT molecular complexity index is 669. The van der Waals surface area contributed by atoms with E-state index in [2.05, 4.69) is 4.98 Å². The van der Waals surface area contributed by atoms with E-state index in [9.17, 15) is 4.79 Å². The number of amides is 1. The Morgan fingerprint density at radius 2 is 2.17 bits per heavy atom. The molecular weight excluding hydrogens is 316 g/mol. The summed E-state index contributed by atoms with van der Waals surface area (Å²) in [5, 5.41) is 0.679. The number of hydrogen-bond acceptors (Lipinski definition) is 4. The lowest BCUT2D eigenvalue weighted by molar-refractivity contribution is -0.138. The molecule has 1 aliphatic heterocycles. The van der Waals surface area contributed by atoms with Crippen molar-refractivity contribution in [3.8, 4) is 11.3 Å². The number of rotatable bonds is 4. The average molecular weight is 335 g/mol. The molecule has 0 N–H and O–H groups in total. The zero-order valence-electron chi connectivity index (χ0n) is 13.0. The number of carbonyl (C=O) groups excluding carboxylic acids is 1. The van der Waals surface area contributed by atoms with Crippen LogP contribution >= 0.6 is 11.6 Å². The highest BCUT2D eigenvalue weighted by atomic mass is 35.5. The van der Waals surface area contributed by atoms with E-state index >= 15 is 0 Å². The Morgan fingerprint density at radius 1 is 1.39 bits per heavy atom. The molecule has 1 atom stereocenters. The van der Waals surface area contributed by atoms with Crippen molar-refractivity contribution < 1.29 is 13.9 Å². The molecule has 1 amide bonds. The molecule has 0 saturated carbocycles. The van der Waals surface area contributed by atoms with Crippen LogP contribution in [0.1, 0.15) is 19.2 Å². The summed E-state index contributed by atoms with van der Waals surface area (Å²) >= 11 is 5.88. The Morgan fingerprint density at radius 3 is 2.91 bits per heavy atom. The van der Waals surface area contributed by atoms with Gasteiger partial charge in [0.1, 0.15) is 0 Å². The van der Waals surface area contributed by atoms with Crippen LogP contribution in [0.2, 0.25) is 5.02 Å². The molecule has 1 aromatic carbocycles. The second-order valence-electron chi connectivity index (χ2n) is 5.65. The summed E-state index contributed by atoms with van der Waals surface area (Å²) < 4.78 is 11.2. The van der Waals surface area contributed by atoms with E-state index in [1.807, 2.05) is 36.1 Å². The van der Waals surface area contributed by atoms with E-state index in [4.69, 9.17) is 20.8 Å². The molecule has 122 valence electrons. The van der Waals surface area contributed by atoms with E-state index in [1.54, 1.807) is 6.20 Å². The van der Waals surface area contributed by atoms with Gasteiger partial charge in [0.25, 0.3) is 0 Å². The molecule has 6 heteroatoms. The topological polar surface area (TPSA) is 55.6 Å². The summed E-state index contributed by atoms with van der Waals surface area (Å²) in [6, 6.07) is 7.38. The van der Waals surface area contributed by atoms with E-state index < -0.39 is 0 Å². The minimum atomic E-state index is 0.103. The molecule has 5 nitrogen and oxygen atoms in total. The quantitative estimate of drug-likeness (QED) is 0.861. The number of aromatic nitrogens is 1. The molecule has 3 rings (SSSR count). The van der Waals surface area contributed by atoms with E-state index in [1.165, 1.54) is 0 Å². The van der Waals surface area contributed by atoms with E-state index in [0.717, 1.165) is 5.56 Å². The van der Waals surface area contributed by atoms with Crippen LogP contribution in [0.25, 0.3) is 11.3 Å². The molecule has 2 aromatic rings. The van der Waals surface area contributed by atoms with Gasteiger partial charge in [-0.2, -0.15) is 0 Å². The lowest BCUT2D eigenvalue weighted by atomic mass is 10.2. The second kappa shape index (κ2) is 7.15. The van der Waals surface area contributed by atoms with Crippen LogP contribution < -0.4 is 0 Å². The highest BCUT2D eigenvalue weighted by molar-refractivity contribution is 6.30. The van der Waals surface area contributed by atoms with Gasteiger partial charge < -0.3 is 14.1 Å². The van der Waals surface area contributed by atoms with Gasteiger partial charge in [0, 0.05) is 36.5 Å². The monoisotopic (exact) mass is 334 g/mol. The molecule has 0 unspecified atom stereocenters. The molecular formula is C17H19ClN2O3. The molecule has 0 aliphatic carbocycles. The first-order valence-corrected chi connectivity index (χ1v) is 8.09. The smallest absolute Gasteiger partial charge is 0.223 e. The Labute approximate surface area is 140 Å². The SMILES string of the molecule is C[C@@H]1CN(C(=O)CCc2ncc(-c3ccc(Cl)cc3)o2)CCO1. The van der Waals surface area contributed by atoms with Crippen molar-refractivity contribution in [1.29, 1.82) is 0 Å². The van der Waals surface area contributed by atoms with E-state index in [-0.39, 0.29) is 12.0 Å². The molecule has 1 saturated heterocycles. The summed E-state index contributed by atoms with van der Waals surface area (Å²) in [6.07, 6.45) is 2.68. The number of hydrogen-bond donors (Lipinski definition) is 0. The zero-order valence-corrected chi connectivity index (χ0v) is 13.8. The van der Waals surface area contributed by atoms with Crippen LogP contribution in [-0.2, 0) is 16.0 Å². The van der Waals surface area contributed by atoms with Crippen molar-refractivity contribution in [3.05, 3.63) is 41.4 Å². The Hall–Kier alpha value is -1.85. The number of benzene rings is 1. The number of aryl methyl sites for hydroxylation is 1. The van der Waals surface area contributed by atoms with Gasteiger partial charge in [-0.3, -0.25) is 4.79 Å². The third-order valence-corrected chi connectivity index (χ3v) is 4.08. The number of halogens is 1. The van der Waals surface area contributed by atoms with Crippen molar-refractivity contribution in [2.24, 2.45) is 0 Å². The normalized spacial score (nSPS) is 18.2. The number of carbonyl (C=O) groups is 1. The van der Waals surface area contributed by atoms with Crippen LogP contribution in [0.5, 0.6) is 0 Å². The molecule has 1 aliphatic rings. The number of ether oxygens (including phenoxy) is 1. The molecule has 0 bridgehead atoms. The van der Waals surface area contributed by atoms with Crippen molar-refractivity contribution >= 4 is 17.5 Å². The molecule has 1 aromatic heterocycles. The maximum Gasteiger partial charge on any atom is 0.223 e. The maximum atomic E-state index is 12.2. The maximum absolute atomic E-state index is 12.2. The fourth-order valence-corrected chi connectivity index (χ4v) is 2.72. The first-order valence-electron chi connectivity index (χ1n) is 7.72. The van der Waals surface area contributed by atoms with Crippen LogP contribution in [-0.4, -0.2) is 41.6 Å². The van der Waals surface area contributed by atoms with Crippen molar-refractivity contribution in [3.63, 3.8) is 0 Å². The minimum Gasteiger partial charge on any atom is -0.441 e. The first kappa shape index (κ1) is 16.0. The van der Waals surface area contributed by atoms with Gasteiger partial charge in [0.05, 0.1) is 18.9 Å². The van der Waals surface area contributed by atoms with E-state index in [0.29, 0.717) is 49.2 Å². The first-order chi connectivity index (χ1) is 11.1. The second-order valence-corrected chi connectivity index (χ2v) is 6.08. The zero-order chi connectivity index (χ0) is 16.2. The van der Waals surface area contributed by atoms with Crippen molar-refractivity contribution in [1.82, 2.24) is 9.88 Å². The summed E-state index contributed by atoms with van der Waals surface area (Å²) in [5.41, 5.74) is 0.918. The standard InChI is InChI=1S/C17H19ClN2O3/c1-12-11-20(8-9-22-12)17(21)7-6-16-19-10-15(23-16)13-2-4-14(18)5-3-13/h2-5,10,12H,6-9,11H2,1H3/t12-/m1/s1. The summed E-state index contributed by atoms with van der Waals surface area (Å²) in [5.74, 6) is 1.38. The van der Waals surface area contributed by atoms with Gasteiger partial charge in [-0.15, -0.1) is 0 Å². The highest BCUT2D eigenvalue weighted by Crippen LogP contribution is 2.22. The molecule has 23 heavy (non-hydrogen) atoms. The van der Waals surface area contributed by atoms with Gasteiger partial charge in [-0.05, 0) is 31.2 Å². The summed E-state index contributed by atoms with van der Waals surface area (Å²) in [6.45, 7) is 3.89. The minimum absolute atomic E-state index is 0.103. The Balaban J connectivity index is 1.56. The third kappa shape index (κ3) is 4.12. The molecule has 0 spiro atoms. The van der Waals surface area contributed by atoms with Gasteiger partial charge in [0.2, 0.25) is 5.91 Å². The summed E-state index contributed by atoms with van der Waals surface area (Å²) in [7, 11) is 0. The lowest BCUT2D eigenvalue weighted by Gasteiger charge is -2.31. The fraction of sp³-hybridized carbons (Fsp3) is 0.412. The molecule has 0 radical (unpaired) electrons. The fourth-order valence-electron chi connectivity index (χ4n) is 2.59. The predicted octanol–water partition coefficient (Wildman–Crippen LogP) is 3.17. The number of nitrogens with zero attached hydrogens (tertiary/aromatic N) is 2. The lowest BCUT2D eigenvalue weighted by Crippen LogP contribution is -2.44. The van der Waals surface area contributed by atoms with Crippen LogP contribution in [0.3, 0.4) is 0 Å². The number of morpholine rings is 1. The van der Waals surface area contributed by atoms with Crippen molar-refractivity contribution in [2.75, 3.05) is 19.7 Å².